The highest BCUT2D eigenvalue weighted by Crippen LogP contribution is 2.35. The van der Waals surface area contributed by atoms with Crippen molar-refractivity contribution in [3.8, 4) is 0 Å². The summed E-state index contributed by atoms with van der Waals surface area (Å²) in [5.41, 5.74) is 0.959. The lowest BCUT2D eigenvalue weighted by Gasteiger charge is -2.26. The average molecular weight is 210 g/mol. The van der Waals surface area contributed by atoms with Crippen LogP contribution in [0.3, 0.4) is 0 Å². The summed E-state index contributed by atoms with van der Waals surface area (Å²) < 4.78 is 25.8. The Kier molecular flexibility index (Phi) is 3.03. The van der Waals surface area contributed by atoms with E-state index >= 15 is 0 Å². The molecule has 0 aliphatic heterocycles. The Morgan fingerprint density at radius 3 is 2.27 bits per heavy atom. The molecular weight excluding hydrogens is 194 g/mol. The van der Waals surface area contributed by atoms with E-state index in [4.69, 9.17) is 0 Å². The second kappa shape index (κ2) is 4.30. The zero-order chi connectivity index (χ0) is 10.8. The zero-order valence-corrected chi connectivity index (χ0v) is 8.97. The molecule has 0 heterocycles. The Hall–Kier alpha value is -0.920. The summed E-state index contributed by atoms with van der Waals surface area (Å²) in [5.74, 6) is -0.253. The van der Waals surface area contributed by atoms with Gasteiger partial charge in [-0.2, -0.15) is 0 Å². The van der Waals surface area contributed by atoms with Gasteiger partial charge in [0, 0.05) is 0 Å². The molecule has 0 nitrogen and oxygen atoms in total. The normalized spacial score (nSPS) is 26.6. The zero-order valence-electron chi connectivity index (χ0n) is 8.97. The van der Waals surface area contributed by atoms with E-state index in [1.807, 2.05) is 0 Å². The second-order valence-corrected chi connectivity index (χ2v) is 4.63. The predicted molar refractivity (Wildman–Crippen MR) is 56.7 cm³/mol. The fourth-order valence-electron chi connectivity index (χ4n) is 2.36. The monoisotopic (exact) mass is 210 g/mol. The lowest BCUT2D eigenvalue weighted by Crippen LogP contribution is -2.11. The Morgan fingerprint density at radius 1 is 1.00 bits per heavy atom. The molecule has 0 spiro atoms. The van der Waals surface area contributed by atoms with Crippen LogP contribution in [0.1, 0.15) is 44.1 Å². The molecule has 2 heteroatoms. The molecule has 0 saturated heterocycles. The van der Waals surface area contributed by atoms with Crippen molar-refractivity contribution in [1.29, 1.82) is 0 Å². The van der Waals surface area contributed by atoms with Gasteiger partial charge >= 0.3 is 0 Å². The van der Waals surface area contributed by atoms with E-state index in [0.29, 0.717) is 5.92 Å². The van der Waals surface area contributed by atoms with E-state index in [1.165, 1.54) is 25.0 Å². The Bertz CT molecular complexity index is 338. The molecule has 1 aromatic rings. The summed E-state index contributed by atoms with van der Waals surface area (Å²) in [5, 5.41) is 0. The highest BCUT2D eigenvalue weighted by molar-refractivity contribution is 5.22. The van der Waals surface area contributed by atoms with Gasteiger partial charge in [0.05, 0.1) is 0 Å². The number of hydrogen-bond acceptors (Lipinski definition) is 0. The molecule has 1 saturated carbocycles. The summed E-state index contributed by atoms with van der Waals surface area (Å²) in [4.78, 5) is 0. The smallest absolute Gasteiger partial charge is 0.159 e. The van der Waals surface area contributed by atoms with E-state index in [9.17, 15) is 8.78 Å². The highest BCUT2D eigenvalue weighted by Gasteiger charge is 2.20. The van der Waals surface area contributed by atoms with Crippen molar-refractivity contribution >= 4 is 0 Å². The van der Waals surface area contributed by atoms with Gasteiger partial charge in [-0.15, -0.1) is 0 Å². The first-order chi connectivity index (χ1) is 7.16. The Labute approximate surface area is 89.3 Å². The summed E-state index contributed by atoms with van der Waals surface area (Å²) in [6, 6.07) is 4.32. The molecular formula is C13H16F2. The summed E-state index contributed by atoms with van der Waals surface area (Å²) in [6.45, 7) is 2.25. The van der Waals surface area contributed by atoms with Crippen molar-refractivity contribution in [1.82, 2.24) is 0 Å². The van der Waals surface area contributed by atoms with E-state index < -0.39 is 11.6 Å². The van der Waals surface area contributed by atoms with Crippen LogP contribution in [0.4, 0.5) is 8.78 Å². The molecule has 0 unspecified atom stereocenters. The van der Waals surface area contributed by atoms with Crippen LogP contribution in [0.25, 0.3) is 0 Å². The molecule has 1 aromatic carbocycles. The van der Waals surface area contributed by atoms with Gasteiger partial charge in [-0.3, -0.25) is 0 Å². The predicted octanol–water partition coefficient (Wildman–Crippen LogP) is 4.26. The van der Waals surface area contributed by atoms with Crippen LogP contribution in [0.2, 0.25) is 0 Å². The number of hydrogen-bond donors (Lipinski definition) is 0. The minimum Gasteiger partial charge on any atom is -0.204 e. The van der Waals surface area contributed by atoms with E-state index in [2.05, 4.69) is 6.92 Å². The van der Waals surface area contributed by atoms with Gasteiger partial charge in [-0.1, -0.05) is 25.8 Å². The molecule has 0 aromatic heterocycles. The lowest BCUT2D eigenvalue weighted by molar-refractivity contribution is 0.347. The SMILES string of the molecule is CC1CCC(c2ccc(F)c(F)c2)CC1. The van der Waals surface area contributed by atoms with Crippen molar-refractivity contribution < 1.29 is 8.78 Å². The Balaban J connectivity index is 2.12. The lowest BCUT2D eigenvalue weighted by atomic mass is 9.79. The van der Waals surface area contributed by atoms with Crippen molar-refractivity contribution in [2.75, 3.05) is 0 Å². The topological polar surface area (TPSA) is 0 Å². The average Bonchev–Trinajstić information content (AvgIpc) is 2.23. The van der Waals surface area contributed by atoms with Gasteiger partial charge in [-0.05, 0) is 42.4 Å². The fourth-order valence-corrected chi connectivity index (χ4v) is 2.36. The van der Waals surface area contributed by atoms with Crippen molar-refractivity contribution in [3.63, 3.8) is 0 Å². The second-order valence-electron chi connectivity index (χ2n) is 4.63. The Morgan fingerprint density at radius 2 is 1.67 bits per heavy atom. The van der Waals surface area contributed by atoms with Crippen LogP contribution < -0.4 is 0 Å². The van der Waals surface area contributed by atoms with Gasteiger partial charge in [0.25, 0.3) is 0 Å². The minimum atomic E-state index is -0.747. The van der Waals surface area contributed by atoms with E-state index in [-0.39, 0.29) is 0 Å². The number of benzene rings is 1. The largest absolute Gasteiger partial charge is 0.204 e. The molecule has 0 radical (unpaired) electrons. The van der Waals surface area contributed by atoms with Crippen LogP contribution in [0, 0.1) is 17.6 Å². The highest BCUT2D eigenvalue weighted by atomic mass is 19.2. The van der Waals surface area contributed by atoms with Gasteiger partial charge < -0.3 is 0 Å². The molecule has 82 valence electrons. The van der Waals surface area contributed by atoms with Crippen molar-refractivity contribution in [2.45, 2.75) is 38.5 Å². The first kappa shape index (κ1) is 10.6. The minimum absolute atomic E-state index is 0.427. The van der Waals surface area contributed by atoms with Crippen molar-refractivity contribution in [2.24, 2.45) is 5.92 Å². The van der Waals surface area contributed by atoms with Crippen LogP contribution in [-0.4, -0.2) is 0 Å². The quantitative estimate of drug-likeness (QED) is 0.649. The fraction of sp³-hybridized carbons (Fsp3) is 0.538. The maximum Gasteiger partial charge on any atom is 0.159 e. The van der Waals surface area contributed by atoms with Gasteiger partial charge in [0.2, 0.25) is 0 Å². The third kappa shape index (κ3) is 2.36. The maximum absolute atomic E-state index is 13.0. The molecule has 1 aliphatic carbocycles. The van der Waals surface area contributed by atoms with Crippen molar-refractivity contribution in [3.05, 3.63) is 35.4 Å². The first-order valence-electron chi connectivity index (χ1n) is 5.62. The number of halogens is 2. The molecule has 1 aliphatic rings. The van der Waals surface area contributed by atoms with Gasteiger partial charge in [0.15, 0.2) is 11.6 Å². The van der Waals surface area contributed by atoms with Crippen LogP contribution >= 0.6 is 0 Å². The van der Waals surface area contributed by atoms with E-state index in [0.717, 1.165) is 24.3 Å². The molecule has 0 amide bonds. The molecule has 15 heavy (non-hydrogen) atoms. The molecule has 0 atom stereocenters. The van der Waals surface area contributed by atoms with Gasteiger partial charge in [0.1, 0.15) is 0 Å². The van der Waals surface area contributed by atoms with Gasteiger partial charge in [-0.25, -0.2) is 8.78 Å². The molecule has 0 N–H and O–H groups in total. The third-order valence-corrected chi connectivity index (χ3v) is 3.43. The summed E-state index contributed by atoms with van der Waals surface area (Å²) >= 11 is 0. The van der Waals surface area contributed by atoms with Crippen LogP contribution in [0.15, 0.2) is 18.2 Å². The standard InChI is InChI=1S/C13H16F2/c1-9-2-4-10(5-3-9)11-6-7-12(14)13(15)8-11/h6-10H,2-5H2,1H3. The van der Waals surface area contributed by atoms with E-state index in [1.54, 1.807) is 6.07 Å². The summed E-state index contributed by atoms with van der Waals surface area (Å²) in [7, 11) is 0. The third-order valence-electron chi connectivity index (χ3n) is 3.43. The first-order valence-corrected chi connectivity index (χ1v) is 5.62. The molecule has 2 rings (SSSR count). The molecule has 0 bridgehead atoms. The maximum atomic E-state index is 13.0. The molecule has 1 fully saturated rings. The number of rotatable bonds is 1. The summed E-state index contributed by atoms with van der Waals surface area (Å²) in [6.07, 6.45) is 4.60. The van der Waals surface area contributed by atoms with Crippen LogP contribution in [0.5, 0.6) is 0 Å². The van der Waals surface area contributed by atoms with Crippen LogP contribution in [-0.2, 0) is 0 Å².